The normalized spacial score (nSPS) is 12.1. The molecule has 0 aliphatic rings. The van der Waals surface area contributed by atoms with E-state index in [4.69, 9.17) is 9.47 Å². The first kappa shape index (κ1) is 19.0. The van der Waals surface area contributed by atoms with Crippen LogP contribution in [0.2, 0.25) is 0 Å². The maximum absolute atomic E-state index is 11.6. The Kier molecular flexibility index (Phi) is 6.56. The highest BCUT2D eigenvalue weighted by atomic mass is 16.5. The Morgan fingerprint density at radius 1 is 1.12 bits per heavy atom. The fourth-order valence-electron chi connectivity index (χ4n) is 2.83. The molecule has 2 rings (SSSR count). The molecule has 1 N–H and O–H groups in total. The Bertz CT molecular complexity index is 712. The van der Waals surface area contributed by atoms with Crippen LogP contribution in [0.25, 0.3) is 0 Å². The van der Waals surface area contributed by atoms with Gasteiger partial charge in [0, 0.05) is 17.7 Å². The van der Waals surface area contributed by atoms with Gasteiger partial charge in [-0.25, -0.2) is 0 Å². The molecule has 0 heterocycles. The quantitative estimate of drug-likeness (QED) is 0.747. The van der Waals surface area contributed by atoms with E-state index in [0.29, 0.717) is 12.1 Å². The maximum Gasteiger partial charge on any atom is 0.159 e. The lowest BCUT2D eigenvalue weighted by Gasteiger charge is -2.27. The van der Waals surface area contributed by atoms with Crippen LogP contribution in [-0.4, -0.2) is 43.7 Å². The van der Waals surface area contributed by atoms with Gasteiger partial charge in [-0.3, -0.25) is 9.69 Å². The van der Waals surface area contributed by atoms with Crippen molar-refractivity contribution >= 4 is 5.78 Å². The van der Waals surface area contributed by atoms with Gasteiger partial charge in [0.05, 0.1) is 26.9 Å². The number of ketones is 1. The monoisotopic (exact) mass is 343 g/mol. The van der Waals surface area contributed by atoms with Crippen LogP contribution in [-0.2, 0) is 6.54 Å². The molecule has 0 aliphatic heterocycles. The molecule has 2 aromatic carbocycles. The van der Waals surface area contributed by atoms with Gasteiger partial charge in [0.25, 0.3) is 0 Å². The van der Waals surface area contributed by atoms with Crippen molar-refractivity contribution in [1.82, 2.24) is 4.90 Å². The predicted octanol–water partition coefficient (Wildman–Crippen LogP) is 3.07. The summed E-state index contributed by atoms with van der Waals surface area (Å²) in [5.74, 6) is 1.52. The van der Waals surface area contributed by atoms with Gasteiger partial charge in [0.1, 0.15) is 11.5 Å². The molecule has 5 nitrogen and oxygen atoms in total. The van der Waals surface area contributed by atoms with E-state index < -0.39 is 0 Å². The largest absolute Gasteiger partial charge is 0.497 e. The lowest BCUT2D eigenvalue weighted by atomic mass is 10.0. The van der Waals surface area contributed by atoms with Gasteiger partial charge >= 0.3 is 0 Å². The number of ether oxygens (including phenoxy) is 2. The number of aliphatic hydroxyl groups is 1. The third kappa shape index (κ3) is 4.59. The zero-order valence-corrected chi connectivity index (χ0v) is 15.2. The molecule has 2 aromatic rings. The van der Waals surface area contributed by atoms with E-state index in [1.807, 2.05) is 42.3 Å². The van der Waals surface area contributed by atoms with Crippen molar-refractivity contribution in [3.63, 3.8) is 0 Å². The highest BCUT2D eigenvalue weighted by Crippen LogP contribution is 2.27. The molecular formula is C20H25NO4. The fraction of sp³-hybridized carbons (Fsp3) is 0.350. The van der Waals surface area contributed by atoms with Crippen LogP contribution in [0, 0.1) is 0 Å². The van der Waals surface area contributed by atoms with Gasteiger partial charge in [-0.2, -0.15) is 0 Å². The molecule has 0 fully saturated rings. The van der Waals surface area contributed by atoms with Crippen molar-refractivity contribution in [2.45, 2.75) is 19.5 Å². The van der Waals surface area contributed by atoms with Crippen molar-refractivity contribution < 1.29 is 19.4 Å². The molecule has 5 heteroatoms. The summed E-state index contributed by atoms with van der Waals surface area (Å²) in [6.45, 7) is 2.07. The van der Waals surface area contributed by atoms with Crippen LogP contribution in [0.5, 0.6) is 11.5 Å². The van der Waals surface area contributed by atoms with Crippen molar-refractivity contribution in [1.29, 1.82) is 0 Å². The van der Waals surface area contributed by atoms with Crippen LogP contribution >= 0.6 is 0 Å². The van der Waals surface area contributed by atoms with Crippen LogP contribution in [0.3, 0.4) is 0 Å². The summed E-state index contributed by atoms with van der Waals surface area (Å²) >= 11 is 0. The molecule has 0 radical (unpaired) electrons. The number of hydrogen-bond donors (Lipinski definition) is 1. The lowest BCUT2D eigenvalue weighted by molar-refractivity contribution is 0.101. The second-order valence-electron chi connectivity index (χ2n) is 5.97. The Hall–Kier alpha value is -2.37. The van der Waals surface area contributed by atoms with Gasteiger partial charge in [-0.05, 0) is 49.9 Å². The Morgan fingerprint density at radius 2 is 1.80 bits per heavy atom. The summed E-state index contributed by atoms with van der Waals surface area (Å²) < 4.78 is 10.6. The van der Waals surface area contributed by atoms with Crippen LogP contribution in [0.1, 0.15) is 34.5 Å². The van der Waals surface area contributed by atoms with Crippen molar-refractivity contribution in [3.05, 3.63) is 59.2 Å². The van der Waals surface area contributed by atoms with E-state index in [1.54, 1.807) is 33.3 Å². The molecule has 0 unspecified atom stereocenters. The average molecular weight is 343 g/mol. The highest BCUT2D eigenvalue weighted by Gasteiger charge is 2.18. The van der Waals surface area contributed by atoms with E-state index in [9.17, 15) is 9.90 Å². The molecule has 0 aromatic heterocycles. The number of benzene rings is 2. The lowest BCUT2D eigenvalue weighted by Crippen LogP contribution is -2.27. The highest BCUT2D eigenvalue weighted by molar-refractivity contribution is 5.94. The predicted molar refractivity (Wildman–Crippen MR) is 97.3 cm³/mol. The van der Waals surface area contributed by atoms with Crippen LogP contribution in [0.15, 0.2) is 42.5 Å². The zero-order valence-electron chi connectivity index (χ0n) is 15.2. The summed E-state index contributed by atoms with van der Waals surface area (Å²) in [6.07, 6.45) is 0. The number of carbonyl (C=O) groups is 1. The summed E-state index contributed by atoms with van der Waals surface area (Å²) in [6, 6.07) is 12.9. The number of Topliss-reactive ketones (excluding diaryl/α,β-unsaturated/α-hetero) is 1. The van der Waals surface area contributed by atoms with Gasteiger partial charge in [-0.1, -0.05) is 12.1 Å². The summed E-state index contributed by atoms with van der Waals surface area (Å²) in [5, 5.41) is 9.87. The fourth-order valence-corrected chi connectivity index (χ4v) is 2.83. The Morgan fingerprint density at radius 3 is 2.32 bits per heavy atom. The standard InChI is InChI=1S/C20H25NO4/c1-14(23)16-7-10-20(25-4)17(11-16)12-21(2)19(13-22)15-5-8-18(24-3)9-6-15/h5-11,19,22H,12-13H2,1-4H3/t19-/m1/s1. The minimum atomic E-state index is -0.170. The topological polar surface area (TPSA) is 59.0 Å². The first-order valence-corrected chi connectivity index (χ1v) is 8.13. The third-order valence-electron chi connectivity index (χ3n) is 4.31. The van der Waals surface area contributed by atoms with Crippen molar-refractivity contribution in [2.24, 2.45) is 0 Å². The van der Waals surface area contributed by atoms with E-state index >= 15 is 0 Å². The number of rotatable bonds is 8. The summed E-state index contributed by atoms with van der Waals surface area (Å²) in [4.78, 5) is 13.7. The zero-order chi connectivity index (χ0) is 18.4. The van der Waals surface area contributed by atoms with Crippen molar-refractivity contribution in [3.8, 4) is 11.5 Å². The first-order valence-electron chi connectivity index (χ1n) is 8.13. The molecule has 0 bridgehead atoms. The summed E-state index contributed by atoms with van der Waals surface area (Å²) in [5.41, 5.74) is 2.55. The summed E-state index contributed by atoms with van der Waals surface area (Å²) in [7, 11) is 5.17. The molecule has 0 spiro atoms. The number of likely N-dealkylation sites (N-methyl/N-ethyl adjacent to an activating group) is 1. The molecule has 0 amide bonds. The number of aliphatic hydroxyl groups excluding tert-OH is 1. The molecule has 134 valence electrons. The second kappa shape index (κ2) is 8.65. The minimum absolute atomic E-state index is 0.0143. The maximum atomic E-state index is 11.6. The van der Waals surface area contributed by atoms with E-state index in [-0.39, 0.29) is 18.4 Å². The van der Waals surface area contributed by atoms with E-state index in [0.717, 1.165) is 22.6 Å². The molecule has 0 saturated carbocycles. The number of nitrogens with zero attached hydrogens (tertiary/aromatic N) is 1. The number of hydrogen-bond acceptors (Lipinski definition) is 5. The number of carbonyl (C=O) groups excluding carboxylic acids is 1. The van der Waals surface area contributed by atoms with Crippen molar-refractivity contribution in [2.75, 3.05) is 27.9 Å². The molecule has 0 saturated heterocycles. The SMILES string of the molecule is COc1ccc([C@@H](CO)N(C)Cc2cc(C(C)=O)ccc2OC)cc1. The van der Waals surface area contributed by atoms with Gasteiger partial charge in [-0.15, -0.1) is 0 Å². The smallest absolute Gasteiger partial charge is 0.159 e. The molecule has 0 aliphatic carbocycles. The molecular weight excluding hydrogens is 318 g/mol. The van der Waals surface area contributed by atoms with E-state index in [1.165, 1.54) is 0 Å². The second-order valence-corrected chi connectivity index (χ2v) is 5.97. The van der Waals surface area contributed by atoms with Crippen LogP contribution in [0.4, 0.5) is 0 Å². The van der Waals surface area contributed by atoms with Gasteiger partial charge < -0.3 is 14.6 Å². The third-order valence-corrected chi connectivity index (χ3v) is 4.31. The molecule has 25 heavy (non-hydrogen) atoms. The van der Waals surface area contributed by atoms with Gasteiger partial charge in [0.15, 0.2) is 5.78 Å². The minimum Gasteiger partial charge on any atom is -0.497 e. The molecule has 1 atom stereocenters. The number of methoxy groups -OCH3 is 2. The average Bonchev–Trinajstić information content (AvgIpc) is 2.62. The Balaban J connectivity index is 2.24. The van der Waals surface area contributed by atoms with Crippen LogP contribution < -0.4 is 9.47 Å². The van der Waals surface area contributed by atoms with E-state index in [2.05, 4.69) is 0 Å². The first-order chi connectivity index (χ1) is 12.0. The van der Waals surface area contributed by atoms with Gasteiger partial charge in [0.2, 0.25) is 0 Å². The Labute approximate surface area is 148 Å².